The van der Waals surface area contributed by atoms with Crippen LogP contribution >= 0.6 is 0 Å². The summed E-state index contributed by atoms with van der Waals surface area (Å²) in [6, 6.07) is 6.86. The van der Waals surface area contributed by atoms with Crippen molar-refractivity contribution >= 4 is 0 Å². The monoisotopic (exact) mass is 339 g/mol. The first-order valence-corrected chi connectivity index (χ1v) is 9.49. The van der Waals surface area contributed by atoms with Crippen molar-refractivity contribution in [2.45, 2.75) is 51.5 Å². The molecule has 0 unspecified atom stereocenters. The van der Waals surface area contributed by atoms with Gasteiger partial charge in [0.25, 0.3) is 0 Å². The fraction of sp³-hybridized carbons (Fsp3) is 0.524. The van der Waals surface area contributed by atoms with Crippen LogP contribution in [0.15, 0.2) is 36.8 Å². The van der Waals surface area contributed by atoms with Crippen molar-refractivity contribution in [3.05, 3.63) is 42.5 Å². The Labute approximate surface area is 151 Å². The summed E-state index contributed by atoms with van der Waals surface area (Å²) in [6.07, 6.45) is 12.9. The van der Waals surface area contributed by atoms with Crippen molar-refractivity contribution in [1.29, 1.82) is 0 Å². The first-order valence-electron chi connectivity index (χ1n) is 9.49. The molecule has 2 aromatic heterocycles. The smallest absolute Gasteiger partial charge is 0.138 e. The van der Waals surface area contributed by atoms with E-state index in [0.717, 1.165) is 30.0 Å². The molecule has 134 valence electrons. The van der Waals surface area contributed by atoms with Gasteiger partial charge in [-0.1, -0.05) is 26.2 Å². The van der Waals surface area contributed by atoms with E-state index in [1.165, 1.54) is 44.2 Å². The first kappa shape index (κ1) is 17.9. The molecule has 1 aliphatic rings. The normalized spacial score (nSPS) is 17.3. The maximum atomic E-state index is 5.94. The summed E-state index contributed by atoms with van der Waals surface area (Å²) in [6.45, 7) is 4.15. The van der Waals surface area contributed by atoms with Gasteiger partial charge in [0.1, 0.15) is 12.4 Å². The molecule has 1 saturated heterocycles. The topological polar surface area (TPSA) is 38.2 Å². The van der Waals surface area contributed by atoms with Gasteiger partial charge in [-0.2, -0.15) is 0 Å². The number of hydrogen-bond acceptors (Lipinski definition) is 4. The van der Waals surface area contributed by atoms with Crippen molar-refractivity contribution in [2.24, 2.45) is 0 Å². The lowest BCUT2D eigenvalue weighted by Crippen LogP contribution is -2.48. The quantitative estimate of drug-likeness (QED) is 0.637. The molecule has 2 aromatic rings. The molecule has 0 N–H and O–H groups in total. The predicted molar refractivity (Wildman–Crippen MR) is 102 cm³/mol. The van der Waals surface area contributed by atoms with Gasteiger partial charge < -0.3 is 4.74 Å². The van der Waals surface area contributed by atoms with Crippen LogP contribution in [0.4, 0.5) is 0 Å². The average Bonchev–Trinajstić information content (AvgIpc) is 2.65. The Balaban J connectivity index is 1.61. The van der Waals surface area contributed by atoms with Crippen LogP contribution in [0.5, 0.6) is 5.75 Å². The summed E-state index contributed by atoms with van der Waals surface area (Å²) in [4.78, 5) is 11.2. The molecule has 0 aromatic carbocycles. The van der Waals surface area contributed by atoms with Crippen LogP contribution in [0.2, 0.25) is 0 Å². The maximum Gasteiger partial charge on any atom is 0.138 e. The van der Waals surface area contributed by atoms with Crippen LogP contribution in [0.25, 0.3) is 11.1 Å². The number of ether oxygens (including phenoxy) is 1. The Hall–Kier alpha value is -1.94. The fourth-order valence-electron chi connectivity index (χ4n) is 3.16. The number of nitrogens with zero attached hydrogens (tertiary/aromatic N) is 3. The average molecular weight is 339 g/mol. The summed E-state index contributed by atoms with van der Waals surface area (Å²) >= 11 is 0. The van der Waals surface area contributed by atoms with Crippen LogP contribution in [0, 0.1) is 0 Å². The van der Waals surface area contributed by atoms with Gasteiger partial charge in [0, 0.05) is 29.7 Å². The standard InChI is InChI=1S/C21H29N3O/c1-3-4-5-6-7-19-12-17(8-10-23-19)18-13-21(15-22-14-18)25-16-20-9-11-24(20)2/h8,10,12-15,20H,3-7,9,11,16H2,1-2H3/t20-/m0/s1. The number of likely N-dealkylation sites (tertiary alicyclic amines) is 1. The molecule has 0 amide bonds. The molecule has 0 aliphatic carbocycles. The number of rotatable bonds is 9. The van der Waals surface area contributed by atoms with Gasteiger partial charge >= 0.3 is 0 Å². The Bertz CT molecular complexity index is 674. The molecule has 3 heterocycles. The molecule has 1 fully saturated rings. The SMILES string of the molecule is CCCCCCc1cc(-c2cncc(OC[C@@H]3CCN3C)c2)ccn1. The van der Waals surface area contributed by atoms with E-state index in [1.54, 1.807) is 6.20 Å². The van der Waals surface area contributed by atoms with Crippen LogP contribution in [0.3, 0.4) is 0 Å². The van der Waals surface area contributed by atoms with Crippen LogP contribution < -0.4 is 4.74 Å². The first-order chi connectivity index (χ1) is 12.3. The summed E-state index contributed by atoms with van der Waals surface area (Å²) in [5.41, 5.74) is 3.42. The van der Waals surface area contributed by atoms with Gasteiger partial charge in [-0.05, 0) is 56.6 Å². The lowest BCUT2D eigenvalue weighted by atomic mass is 10.0. The number of unbranched alkanes of at least 4 members (excludes halogenated alkanes) is 3. The van der Waals surface area contributed by atoms with E-state index >= 15 is 0 Å². The molecule has 3 rings (SSSR count). The van der Waals surface area contributed by atoms with Gasteiger partial charge in [-0.3, -0.25) is 14.9 Å². The zero-order valence-corrected chi connectivity index (χ0v) is 15.4. The highest BCUT2D eigenvalue weighted by Crippen LogP contribution is 2.24. The predicted octanol–water partition coefficient (Wildman–Crippen LogP) is 4.35. The molecule has 0 radical (unpaired) electrons. The van der Waals surface area contributed by atoms with Crippen molar-refractivity contribution in [1.82, 2.24) is 14.9 Å². The molecule has 1 atom stereocenters. The molecule has 1 aliphatic heterocycles. The van der Waals surface area contributed by atoms with Gasteiger partial charge in [0.15, 0.2) is 0 Å². The number of aromatic nitrogens is 2. The highest BCUT2D eigenvalue weighted by atomic mass is 16.5. The number of aryl methyl sites for hydroxylation is 1. The minimum atomic E-state index is 0.541. The van der Waals surface area contributed by atoms with E-state index in [0.29, 0.717) is 6.04 Å². The van der Waals surface area contributed by atoms with Crippen LogP contribution in [0.1, 0.15) is 44.7 Å². The second-order valence-electron chi connectivity index (χ2n) is 6.99. The second-order valence-corrected chi connectivity index (χ2v) is 6.99. The number of likely N-dealkylation sites (N-methyl/N-ethyl adjacent to an activating group) is 1. The van der Waals surface area contributed by atoms with Crippen molar-refractivity contribution in [3.63, 3.8) is 0 Å². The highest BCUT2D eigenvalue weighted by molar-refractivity contribution is 5.63. The molecular formula is C21H29N3O. The van der Waals surface area contributed by atoms with Crippen LogP contribution in [-0.2, 0) is 6.42 Å². The molecule has 4 nitrogen and oxygen atoms in total. The Morgan fingerprint density at radius 1 is 1.16 bits per heavy atom. The maximum absolute atomic E-state index is 5.94. The van der Waals surface area contributed by atoms with Crippen LogP contribution in [-0.4, -0.2) is 41.1 Å². The third-order valence-corrected chi connectivity index (χ3v) is 5.03. The van der Waals surface area contributed by atoms with Crippen molar-refractivity contribution < 1.29 is 4.74 Å². The van der Waals surface area contributed by atoms with Gasteiger partial charge in [0.05, 0.1) is 6.20 Å². The van der Waals surface area contributed by atoms with E-state index < -0.39 is 0 Å². The fourth-order valence-corrected chi connectivity index (χ4v) is 3.16. The third kappa shape index (κ3) is 5.02. The van der Waals surface area contributed by atoms with Gasteiger partial charge in [-0.25, -0.2) is 0 Å². The second kappa shape index (κ2) is 8.95. The molecule has 0 saturated carbocycles. The molecule has 0 spiro atoms. The zero-order valence-electron chi connectivity index (χ0n) is 15.4. The largest absolute Gasteiger partial charge is 0.490 e. The molecular weight excluding hydrogens is 310 g/mol. The van der Waals surface area contributed by atoms with Gasteiger partial charge in [-0.15, -0.1) is 0 Å². The van der Waals surface area contributed by atoms with E-state index in [-0.39, 0.29) is 0 Å². The minimum absolute atomic E-state index is 0.541. The van der Waals surface area contributed by atoms with Crippen molar-refractivity contribution in [3.8, 4) is 16.9 Å². The van der Waals surface area contributed by atoms with E-state index in [1.807, 2.05) is 12.4 Å². The number of hydrogen-bond donors (Lipinski definition) is 0. The lowest BCUT2D eigenvalue weighted by Gasteiger charge is -2.37. The summed E-state index contributed by atoms with van der Waals surface area (Å²) in [7, 11) is 2.14. The molecule has 0 bridgehead atoms. The Kier molecular flexibility index (Phi) is 6.40. The molecule has 4 heteroatoms. The van der Waals surface area contributed by atoms with E-state index in [2.05, 4.69) is 47.0 Å². The Morgan fingerprint density at radius 2 is 2.08 bits per heavy atom. The summed E-state index contributed by atoms with van der Waals surface area (Å²) in [5, 5.41) is 0. The summed E-state index contributed by atoms with van der Waals surface area (Å²) < 4.78 is 5.94. The highest BCUT2D eigenvalue weighted by Gasteiger charge is 2.24. The van der Waals surface area contributed by atoms with E-state index in [9.17, 15) is 0 Å². The van der Waals surface area contributed by atoms with Gasteiger partial charge in [0.2, 0.25) is 0 Å². The van der Waals surface area contributed by atoms with E-state index in [4.69, 9.17) is 4.74 Å². The number of pyridine rings is 2. The minimum Gasteiger partial charge on any atom is -0.490 e. The zero-order chi connectivity index (χ0) is 17.5. The third-order valence-electron chi connectivity index (χ3n) is 5.03. The van der Waals surface area contributed by atoms with Crippen molar-refractivity contribution in [2.75, 3.05) is 20.2 Å². The Morgan fingerprint density at radius 3 is 2.84 bits per heavy atom. The molecule has 25 heavy (non-hydrogen) atoms. The summed E-state index contributed by atoms with van der Waals surface area (Å²) in [5.74, 6) is 0.846. The lowest BCUT2D eigenvalue weighted by molar-refractivity contribution is 0.0768.